The number of fused-ring (bicyclic) bond motifs is 1. The Morgan fingerprint density at radius 2 is 1.58 bits per heavy atom. The van der Waals surface area contributed by atoms with Crippen LogP contribution in [0.25, 0.3) is 11.3 Å². The quantitative estimate of drug-likeness (QED) is 0.121. The zero-order valence-electron chi connectivity index (χ0n) is 30.4. The Balaban J connectivity index is 0.813. The third-order valence-electron chi connectivity index (χ3n) is 9.60. The summed E-state index contributed by atoms with van der Waals surface area (Å²) in [7, 11) is 0. The Kier molecular flexibility index (Phi) is 12.8. The molecular formula is C38H43N7O10. The van der Waals surface area contributed by atoms with Crippen molar-refractivity contribution in [3.63, 3.8) is 0 Å². The number of aromatic hydroxyl groups is 1. The Morgan fingerprint density at radius 3 is 2.33 bits per heavy atom. The number of amides is 6. The number of phenolic OH excluding ortho intramolecular Hbond substituents is 1. The fourth-order valence-electron chi connectivity index (χ4n) is 6.77. The van der Waals surface area contributed by atoms with Crippen molar-refractivity contribution in [2.75, 3.05) is 69.5 Å². The van der Waals surface area contributed by atoms with Gasteiger partial charge in [-0.1, -0.05) is 18.2 Å². The molecule has 3 aromatic rings. The molecule has 0 bridgehead atoms. The second-order valence-electron chi connectivity index (χ2n) is 13.3. The number of anilines is 2. The molecule has 6 amide bonds. The highest BCUT2D eigenvalue weighted by molar-refractivity contribution is 6.26. The number of para-hydroxylation sites is 1. The number of rotatable bonds is 16. The number of nitrogens with one attached hydrogen (secondary N) is 3. The second kappa shape index (κ2) is 18.0. The lowest BCUT2D eigenvalue weighted by Gasteiger charge is -2.33. The van der Waals surface area contributed by atoms with Gasteiger partial charge in [-0.15, -0.1) is 5.10 Å². The smallest absolute Gasteiger partial charge is 0.264 e. The summed E-state index contributed by atoms with van der Waals surface area (Å²) in [5.74, 6) is -3.10. The van der Waals surface area contributed by atoms with E-state index in [0.717, 1.165) is 16.3 Å². The molecule has 290 valence electrons. The molecule has 0 aliphatic carbocycles. The van der Waals surface area contributed by atoms with E-state index in [0.29, 0.717) is 56.9 Å². The number of hydrogen-bond donors (Lipinski definition) is 4. The SMILES string of the molecule is Cc1nnc(-c2ccccc2O)cc1N1CCC(C(=O)NCCOCCOCCOCC(=O)Nc2cccc3c2C(=O)N(C2CCC(=O)NC2=O)C3=O)CC1. The fourth-order valence-corrected chi connectivity index (χ4v) is 6.77. The predicted molar refractivity (Wildman–Crippen MR) is 196 cm³/mol. The lowest BCUT2D eigenvalue weighted by Crippen LogP contribution is -2.54. The molecule has 4 N–H and O–H groups in total. The van der Waals surface area contributed by atoms with Crippen LogP contribution in [0.2, 0.25) is 0 Å². The van der Waals surface area contributed by atoms with Crippen molar-refractivity contribution >= 4 is 46.8 Å². The summed E-state index contributed by atoms with van der Waals surface area (Å²) in [6, 6.07) is 12.3. The van der Waals surface area contributed by atoms with Crippen molar-refractivity contribution in [3.8, 4) is 17.0 Å². The average molecular weight is 758 g/mol. The average Bonchev–Trinajstić information content (AvgIpc) is 3.43. The maximum Gasteiger partial charge on any atom is 0.264 e. The molecule has 6 rings (SSSR count). The molecule has 0 radical (unpaired) electrons. The van der Waals surface area contributed by atoms with E-state index in [2.05, 4.69) is 31.0 Å². The van der Waals surface area contributed by atoms with E-state index in [1.807, 2.05) is 19.1 Å². The Hall–Kier alpha value is -5.78. The first-order chi connectivity index (χ1) is 26.6. The molecule has 1 unspecified atom stereocenters. The highest BCUT2D eigenvalue weighted by Gasteiger charge is 2.45. The number of benzene rings is 2. The van der Waals surface area contributed by atoms with Gasteiger partial charge in [0, 0.05) is 37.5 Å². The number of aromatic nitrogens is 2. The summed E-state index contributed by atoms with van der Waals surface area (Å²) in [6.45, 7) is 4.55. The topological polar surface area (TPSA) is 219 Å². The minimum absolute atomic E-state index is 0.00169. The number of phenols is 1. The molecule has 17 nitrogen and oxygen atoms in total. The van der Waals surface area contributed by atoms with Gasteiger partial charge in [0.05, 0.1) is 66.9 Å². The summed E-state index contributed by atoms with van der Waals surface area (Å²) >= 11 is 0. The molecule has 4 heterocycles. The van der Waals surface area contributed by atoms with Crippen molar-refractivity contribution in [1.82, 2.24) is 25.7 Å². The third-order valence-corrected chi connectivity index (χ3v) is 9.60. The Labute approximate surface area is 316 Å². The summed E-state index contributed by atoms with van der Waals surface area (Å²) in [4.78, 5) is 78.4. The molecule has 0 spiro atoms. The predicted octanol–water partition coefficient (Wildman–Crippen LogP) is 1.58. The third kappa shape index (κ3) is 9.30. The number of imide groups is 2. The number of nitrogens with zero attached hydrogens (tertiary/aromatic N) is 4. The van der Waals surface area contributed by atoms with Gasteiger partial charge in [0.2, 0.25) is 23.6 Å². The second-order valence-corrected chi connectivity index (χ2v) is 13.3. The van der Waals surface area contributed by atoms with Gasteiger partial charge in [-0.05, 0) is 56.5 Å². The Bertz CT molecular complexity index is 1950. The number of carbonyl (C=O) groups is 6. The van der Waals surface area contributed by atoms with Crippen molar-refractivity contribution in [3.05, 3.63) is 65.4 Å². The highest BCUT2D eigenvalue weighted by atomic mass is 16.5. The summed E-state index contributed by atoms with van der Waals surface area (Å²) in [6.07, 6.45) is 1.41. The van der Waals surface area contributed by atoms with Crippen LogP contribution in [0.15, 0.2) is 48.5 Å². The van der Waals surface area contributed by atoms with Crippen molar-refractivity contribution < 1.29 is 48.1 Å². The number of piperidine rings is 2. The first kappa shape index (κ1) is 38.9. The normalized spacial score (nSPS) is 17.3. The molecule has 3 aliphatic heterocycles. The van der Waals surface area contributed by atoms with E-state index >= 15 is 0 Å². The standard InChI is InChI=1S/C38H43N7O10/c1-23-30(21-28(43-42-23)25-5-2-3-8-31(25)46)44-14-11-24(12-15-44)35(49)39-13-16-53-17-18-54-19-20-55-22-33(48)40-27-7-4-6-26-34(27)38(52)45(37(26)51)29-9-10-32(47)41-36(29)50/h2-8,21,24,29,46H,9-20,22H2,1H3,(H,39,49)(H,40,48)(H,41,47,50). The van der Waals surface area contributed by atoms with Gasteiger partial charge in [-0.25, -0.2) is 0 Å². The summed E-state index contributed by atoms with van der Waals surface area (Å²) in [5.41, 5.74) is 3.08. The van der Waals surface area contributed by atoms with Crippen LogP contribution in [0.4, 0.5) is 11.4 Å². The summed E-state index contributed by atoms with van der Waals surface area (Å²) < 4.78 is 16.4. The Morgan fingerprint density at radius 1 is 0.873 bits per heavy atom. The van der Waals surface area contributed by atoms with Gasteiger partial charge in [0.1, 0.15) is 18.4 Å². The van der Waals surface area contributed by atoms with Crippen molar-refractivity contribution in [2.24, 2.45) is 5.92 Å². The molecule has 3 aliphatic rings. The van der Waals surface area contributed by atoms with Crippen molar-refractivity contribution in [1.29, 1.82) is 0 Å². The lowest BCUT2D eigenvalue weighted by atomic mass is 9.95. The van der Waals surface area contributed by atoms with Crippen LogP contribution in [-0.2, 0) is 33.4 Å². The molecule has 2 saturated heterocycles. The molecular weight excluding hydrogens is 714 g/mol. The van der Waals surface area contributed by atoms with Gasteiger partial charge in [0.15, 0.2) is 0 Å². The van der Waals surface area contributed by atoms with Crippen LogP contribution in [-0.4, -0.2) is 121 Å². The van der Waals surface area contributed by atoms with E-state index < -0.39 is 35.6 Å². The molecule has 17 heteroatoms. The summed E-state index contributed by atoms with van der Waals surface area (Å²) in [5, 5.41) is 26.5. The fraction of sp³-hybridized carbons (Fsp3) is 0.421. The largest absolute Gasteiger partial charge is 0.507 e. The molecule has 1 atom stereocenters. The zero-order valence-corrected chi connectivity index (χ0v) is 30.4. The van der Waals surface area contributed by atoms with Gasteiger partial charge in [0.25, 0.3) is 11.8 Å². The lowest BCUT2D eigenvalue weighted by molar-refractivity contribution is -0.136. The highest BCUT2D eigenvalue weighted by Crippen LogP contribution is 2.33. The first-order valence-electron chi connectivity index (χ1n) is 18.2. The van der Waals surface area contributed by atoms with E-state index in [9.17, 15) is 33.9 Å². The zero-order chi connectivity index (χ0) is 38.9. The van der Waals surface area contributed by atoms with Crippen LogP contribution in [0.1, 0.15) is 52.1 Å². The number of carbonyl (C=O) groups excluding carboxylic acids is 6. The minimum atomic E-state index is -1.11. The van der Waals surface area contributed by atoms with Crippen LogP contribution in [0, 0.1) is 12.8 Å². The van der Waals surface area contributed by atoms with E-state index in [1.165, 1.54) is 18.2 Å². The van der Waals surface area contributed by atoms with Crippen LogP contribution < -0.4 is 20.9 Å². The number of ether oxygens (including phenoxy) is 3. The van der Waals surface area contributed by atoms with Crippen LogP contribution in [0.3, 0.4) is 0 Å². The first-order valence-corrected chi connectivity index (χ1v) is 18.2. The van der Waals surface area contributed by atoms with Gasteiger partial charge in [-0.2, -0.15) is 5.10 Å². The maximum atomic E-state index is 13.2. The molecule has 2 aromatic carbocycles. The molecule has 1 aromatic heterocycles. The monoisotopic (exact) mass is 757 g/mol. The van der Waals surface area contributed by atoms with Gasteiger partial charge in [-0.3, -0.25) is 39.0 Å². The minimum Gasteiger partial charge on any atom is -0.507 e. The maximum absolute atomic E-state index is 13.2. The molecule has 55 heavy (non-hydrogen) atoms. The van der Waals surface area contributed by atoms with Crippen LogP contribution >= 0.6 is 0 Å². The van der Waals surface area contributed by atoms with E-state index in [4.69, 9.17) is 14.2 Å². The van der Waals surface area contributed by atoms with Gasteiger partial charge >= 0.3 is 0 Å². The number of aryl methyl sites for hydroxylation is 1. The number of hydrogen-bond acceptors (Lipinski definition) is 13. The molecule has 2 fully saturated rings. The van der Waals surface area contributed by atoms with Crippen LogP contribution in [0.5, 0.6) is 5.75 Å². The molecule has 0 saturated carbocycles. The van der Waals surface area contributed by atoms with E-state index in [1.54, 1.807) is 18.2 Å². The van der Waals surface area contributed by atoms with Crippen molar-refractivity contribution in [2.45, 2.75) is 38.6 Å². The van der Waals surface area contributed by atoms with E-state index in [-0.39, 0.29) is 73.7 Å². The van der Waals surface area contributed by atoms with Gasteiger partial charge < -0.3 is 34.9 Å².